The molecule has 23 heavy (non-hydrogen) atoms. The lowest BCUT2D eigenvalue weighted by Gasteiger charge is -2.28. The van der Waals surface area contributed by atoms with Gasteiger partial charge in [-0.15, -0.1) is 0 Å². The summed E-state index contributed by atoms with van der Waals surface area (Å²) in [6.45, 7) is 2.03. The van der Waals surface area contributed by atoms with E-state index in [1.807, 2.05) is 30.3 Å². The standard InChI is InChI=1S/C17H16N2O3S/c1-11-14(16(20)22-9-12-5-3-2-4-6-12)15(19-17(23)18-11)13-7-8-21-10-13/h2-8,10,15H,9H2,1H3,(H2,18,19,23). The molecule has 0 saturated heterocycles. The van der Waals surface area contributed by atoms with Gasteiger partial charge in [0.25, 0.3) is 0 Å². The molecule has 6 heteroatoms. The normalized spacial score (nSPS) is 17.4. The highest BCUT2D eigenvalue weighted by Crippen LogP contribution is 2.28. The molecule has 3 rings (SSSR count). The van der Waals surface area contributed by atoms with Gasteiger partial charge in [-0.3, -0.25) is 0 Å². The quantitative estimate of drug-likeness (QED) is 0.665. The first-order chi connectivity index (χ1) is 11.1. The molecule has 1 unspecified atom stereocenters. The molecule has 0 radical (unpaired) electrons. The van der Waals surface area contributed by atoms with Crippen LogP contribution in [0.4, 0.5) is 0 Å². The Hall–Kier alpha value is -2.60. The molecule has 1 aromatic heterocycles. The van der Waals surface area contributed by atoms with E-state index >= 15 is 0 Å². The van der Waals surface area contributed by atoms with Crippen LogP contribution in [-0.4, -0.2) is 11.1 Å². The van der Waals surface area contributed by atoms with E-state index in [1.54, 1.807) is 25.5 Å². The highest BCUT2D eigenvalue weighted by Gasteiger charge is 2.31. The fraction of sp³-hybridized carbons (Fsp3) is 0.176. The molecule has 0 saturated carbocycles. The fourth-order valence-corrected chi connectivity index (χ4v) is 2.73. The SMILES string of the molecule is CC1=C(C(=O)OCc2ccccc2)C(c2ccoc2)NC(=S)N1. The van der Waals surface area contributed by atoms with Crippen molar-refractivity contribution in [3.8, 4) is 0 Å². The summed E-state index contributed by atoms with van der Waals surface area (Å²) in [5, 5.41) is 6.51. The van der Waals surface area contributed by atoms with Gasteiger partial charge in [-0.2, -0.15) is 0 Å². The molecule has 1 aliphatic heterocycles. The van der Waals surface area contributed by atoms with E-state index in [0.717, 1.165) is 11.1 Å². The van der Waals surface area contributed by atoms with Crippen LogP contribution in [0.1, 0.15) is 24.1 Å². The summed E-state index contributed by atoms with van der Waals surface area (Å²) >= 11 is 5.18. The topological polar surface area (TPSA) is 63.5 Å². The summed E-state index contributed by atoms with van der Waals surface area (Å²) in [4.78, 5) is 12.6. The number of esters is 1. The van der Waals surface area contributed by atoms with Crippen LogP contribution in [0.2, 0.25) is 0 Å². The van der Waals surface area contributed by atoms with Crippen LogP contribution < -0.4 is 10.6 Å². The Morgan fingerprint density at radius 1 is 1.30 bits per heavy atom. The molecule has 1 aliphatic rings. The molecular weight excluding hydrogens is 312 g/mol. The number of carbonyl (C=O) groups excluding carboxylic acids is 1. The Bertz CT molecular complexity index is 738. The molecule has 5 nitrogen and oxygen atoms in total. The fourth-order valence-electron chi connectivity index (χ4n) is 2.45. The zero-order chi connectivity index (χ0) is 16.2. The zero-order valence-electron chi connectivity index (χ0n) is 12.5. The summed E-state index contributed by atoms with van der Waals surface area (Å²) in [6.07, 6.45) is 3.15. The Morgan fingerprint density at radius 2 is 2.09 bits per heavy atom. The van der Waals surface area contributed by atoms with Crippen LogP contribution in [0.3, 0.4) is 0 Å². The maximum absolute atomic E-state index is 12.6. The van der Waals surface area contributed by atoms with Gasteiger partial charge in [-0.1, -0.05) is 30.3 Å². The lowest BCUT2D eigenvalue weighted by atomic mass is 9.98. The van der Waals surface area contributed by atoms with Crippen molar-refractivity contribution >= 4 is 23.3 Å². The number of allylic oxidation sites excluding steroid dienone is 1. The van der Waals surface area contributed by atoms with Crippen LogP contribution in [0, 0.1) is 0 Å². The number of ether oxygens (including phenoxy) is 1. The van der Waals surface area contributed by atoms with Crippen molar-refractivity contribution in [2.45, 2.75) is 19.6 Å². The van der Waals surface area contributed by atoms with E-state index in [1.165, 1.54) is 0 Å². The predicted octanol–water partition coefficient (Wildman–Crippen LogP) is 2.82. The molecule has 0 bridgehead atoms. The van der Waals surface area contributed by atoms with Crippen molar-refractivity contribution in [3.05, 3.63) is 71.3 Å². The number of thiocarbonyl (C=S) groups is 1. The van der Waals surface area contributed by atoms with Gasteiger partial charge in [0.05, 0.1) is 24.1 Å². The van der Waals surface area contributed by atoms with E-state index in [0.29, 0.717) is 16.4 Å². The summed E-state index contributed by atoms with van der Waals surface area (Å²) in [5.41, 5.74) is 2.93. The lowest BCUT2D eigenvalue weighted by molar-refractivity contribution is -0.140. The number of carbonyl (C=O) groups is 1. The Kier molecular flexibility index (Phi) is 4.43. The van der Waals surface area contributed by atoms with Crippen molar-refractivity contribution < 1.29 is 13.9 Å². The van der Waals surface area contributed by atoms with Crippen LogP contribution in [-0.2, 0) is 16.1 Å². The number of hydrogen-bond acceptors (Lipinski definition) is 4. The first-order valence-electron chi connectivity index (χ1n) is 7.16. The minimum absolute atomic E-state index is 0.221. The van der Waals surface area contributed by atoms with E-state index < -0.39 is 0 Å². The second-order valence-electron chi connectivity index (χ2n) is 5.19. The molecule has 0 amide bonds. The Labute approximate surface area is 139 Å². The summed E-state index contributed by atoms with van der Waals surface area (Å²) < 4.78 is 10.6. The highest BCUT2D eigenvalue weighted by atomic mass is 32.1. The second kappa shape index (κ2) is 6.66. The number of benzene rings is 1. The Balaban J connectivity index is 1.81. The van der Waals surface area contributed by atoms with Crippen LogP contribution in [0.25, 0.3) is 0 Å². The molecule has 2 aromatic rings. The zero-order valence-corrected chi connectivity index (χ0v) is 13.4. The van der Waals surface area contributed by atoms with Gasteiger partial charge in [0.15, 0.2) is 5.11 Å². The molecule has 1 aromatic carbocycles. The maximum atomic E-state index is 12.6. The summed E-state index contributed by atoms with van der Waals surface area (Å²) in [5.74, 6) is -0.389. The van der Waals surface area contributed by atoms with Gasteiger partial charge < -0.3 is 19.8 Å². The number of hydrogen-bond donors (Lipinski definition) is 2. The largest absolute Gasteiger partial charge is 0.472 e. The van der Waals surface area contributed by atoms with Gasteiger partial charge in [-0.25, -0.2) is 4.79 Å². The van der Waals surface area contributed by atoms with Crippen LogP contribution in [0.15, 0.2) is 64.6 Å². The summed E-state index contributed by atoms with van der Waals surface area (Å²) in [7, 11) is 0. The van der Waals surface area contributed by atoms with Crippen molar-refractivity contribution in [3.63, 3.8) is 0 Å². The molecular formula is C17H16N2O3S. The minimum atomic E-state index is -0.389. The third-order valence-corrected chi connectivity index (χ3v) is 3.80. The molecule has 0 fully saturated rings. The second-order valence-corrected chi connectivity index (χ2v) is 5.60. The van der Waals surface area contributed by atoms with Gasteiger partial charge >= 0.3 is 5.97 Å². The van der Waals surface area contributed by atoms with E-state index in [-0.39, 0.29) is 18.6 Å². The number of nitrogens with one attached hydrogen (secondary N) is 2. The van der Waals surface area contributed by atoms with E-state index in [2.05, 4.69) is 10.6 Å². The average Bonchev–Trinajstić information content (AvgIpc) is 3.07. The van der Waals surface area contributed by atoms with Crippen molar-refractivity contribution in [1.29, 1.82) is 0 Å². The third-order valence-electron chi connectivity index (χ3n) is 3.58. The molecule has 2 N–H and O–H groups in total. The first-order valence-corrected chi connectivity index (χ1v) is 7.57. The monoisotopic (exact) mass is 328 g/mol. The minimum Gasteiger partial charge on any atom is -0.472 e. The summed E-state index contributed by atoms with van der Waals surface area (Å²) in [6, 6.07) is 11.0. The van der Waals surface area contributed by atoms with Gasteiger partial charge in [0.2, 0.25) is 0 Å². The lowest BCUT2D eigenvalue weighted by Crippen LogP contribution is -2.45. The Morgan fingerprint density at radius 3 is 2.78 bits per heavy atom. The van der Waals surface area contributed by atoms with Gasteiger partial charge in [0, 0.05) is 11.3 Å². The van der Waals surface area contributed by atoms with Crippen molar-refractivity contribution in [1.82, 2.24) is 10.6 Å². The third kappa shape index (κ3) is 3.43. The number of rotatable bonds is 4. The van der Waals surface area contributed by atoms with E-state index in [9.17, 15) is 4.79 Å². The first kappa shape index (κ1) is 15.3. The molecule has 118 valence electrons. The smallest absolute Gasteiger partial charge is 0.338 e. The van der Waals surface area contributed by atoms with Gasteiger partial charge in [-0.05, 0) is 30.8 Å². The molecule has 0 spiro atoms. The molecule has 0 aliphatic carbocycles. The molecule has 2 heterocycles. The maximum Gasteiger partial charge on any atom is 0.338 e. The highest BCUT2D eigenvalue weighted by molar-refractivity contribution is 7.80. The van der Waals surface area contributed by atoms with Crippen LogP contribution >= 0.6 is 12.2 Å². The van der Waals surface area contributed by atoms with E-state index in [4.69, 9.17) is 21.4 Å². The predicted molar refractivity (Wildman–Crippen MR) is 89.3 cm³/mol. The van der Waals surface area contributed by atoms with Crippen LogP contribution in [0.5, 0.6) is 0 Å². The van der Waals surface area contributed by atoms with Crippen molar-refractivity contribution in [2.24, 2.45) is 0 Å². The van der Waals surface area contributed by atoms with Gasteiger partial charge in [0.1, 0.15) is 6.61 Å². The molecule has 1 atom stereocenters. The number of furan rings is 1. The van der Waals surface area contributed by atoms with Crippen molar-refractivity contribution in [2.75, 3.05) is 0 Å². The average molecular weight is 328 g/mol.